The summed E-state index contributed by atoms with van der Waals surface area (Å²) in [5.74, 6) is 0.860. The van der Waals surface area contributed by atoms with Crippen molar-refractivity contribution in [3.05, 3.63) is 28.2 Å². The number of amides is 2. The van der Waals surface area contributed by atoms with E-state index in [0.717, 1.165) is 10.0 Å². The Balaban J connectivity index is 1.95. The largest absolute Gasteiger partial charge is 0.497 e. The van der Waals surface area contributed by atoms with Crippen molar-refractivity contribution in [2.24, 2.45) is 0 Å². The topological polar surface area (TPSA) is 73.6 Å². The SMILES string of the molecule is COc1ccc(Br)c(C2N3C(=O)[C@]4(C)S[C@@]3(CS2(C)C#N)C(=O)N4C)c1. The van der Waals surface area contributed by atoms with Crippen molar-refractivity contribution in [2.75, 3.05) is 26.2 Å². The van der Waals surface area contributed by atoms with Crippen molar-refractivity contribution in [3.8, 4) is 11.2 Å². The third-order valence-electron chi connectivity index (χ3n) is 5.55. The van der Waals surface area contributed by atoms with Gasteiger partial charge in [-0.15, -0.1) is 10.0 Å². The molecule has 0 saturated carbocycles. The van der Waals surface area contributed by atoms with Crippen molar-refractivity contribution >= 4 is 49.5 Å². The Morgan fingerprint density at radius 2 is 2.12 bits per heavy atom. The molecule has 6 nitrogen and oxygen atoms in total. The van der Waals surface area contributed by atoms with E-state index in [4.69, 9.17) is 4.74 Å². The molecule has 2 unspecified atom stereocenters. The number of thiocyanates is 1. The molecule has 26 heavy (non-hydrogen) atoms. The maximum absolute atomic E-state index is 13.3. The normalized spacial score (nSPS) is 40.4. The smallest absolute Gasteiger partial charge is 0.261 e. The molecule has 2 bridgehead atoms. The summed E-state index contributed by atoms with van der Waals surface area (Å²) in [6.07, 6.45) is 1.91. The van der Waals surface area contributed by atoms with Gasteiger partial charge in [0.05, 0.1) is 7.11 Å². The highest BCUT2D eigenvalue weighted by Crippen LogP contribution is 2.76. The second kappa shape index (κ2) is 5.33. The molecule has 3 aliphatic heterocycles. The fourth-order valence-corrected chi connectivity index (χ4v) is 10.3. The average Bonchev–Trinajstić information content (AvgIpc) is 3.08. The molecule has 1 spiro atoms. The van der Waals surface area contributed by atoms with Gasteiger partial charge in [0.15, 0.2) is 9.74 Å². The molecule has 0 aliphatic carbocycles. The Bertz CT molecular complexity index is 906. The lowest BCUT2D eigenvalue weighted by molar-refractivity contribution is -0.158. The van der Waals surface area contributed by atoms with E-state index < -0.39 is 25.1 Å². The monoisotopic (exact) mass is 455 g/mol. The maximum atomic E-state index is 13.3. The number of piperazine rings is 1. The van der Waals surface area contributed by atoms with Gasteiger partial charge in [0.25, 0.3) is 11.8 Å². The number of nitrogens with zero attached hydrogens (tertiary/aromatic N) is 3. The number of fused-ring (bicyclic) bond motifs is 1. The van der Waals surface area contributed by atoms with Crippen LogP contribution in [0, 0.1) is 10.7 Å². The molecular weight excluding hydrogens is 438 g/mol. The lowest BCUT2D eigenvalue weighted by atomic mass is 10.1. The van der Waals surface area contributed by atoms with Gasteiger partial charge in [-0.05, 0) is 31.4 Å². The number of hydrogen-bond acceptors (Lipinski definition) is 5. The highest BCUT2D eigenvalue weighted by atomic mass is 79.9. The molecule has 1 aromatic rings. The summed E-state index contributed by atoms with van der Waals surface area (Å²) in [5, 5.41) is 12.0. The van der Waals surface area contributed by atoms with E-state index in [9.17, 15) is 14.9 Å². The van der Waals surface area contributed by atoms with Gasteiger partial charge in [-0.3, -0.25) is 14.5 Å². The molecule has 3 heterocycles. The molecule has 0 aromatic heterocycles. The average molecular weight is 456 g/mol. The number of nitriles is 1. The van der Waals surface area contributed by atoms with Gasteiger partial charge in [-0.1, -0.05) is 27.7 Å². The van der Waals surface area contributed by atoms with Gasteiger partial charge < -0.3 is 9.64 Å². The molecule has 0 N–H and O–H groups in total. The van der Waals surface area contributed by atoms with Gasteiger partial charge in [0.2, 0.25) is 0 Å². The zero-order chi connectivity index (χ0) is 19.1. The number of thioether (sulfide) groups is 1. The first-order chi connectivity index (χ1) is 12.1. The van der Waals surface area contributed by atoms with Crippen LogP contribution < -0.4 is 4.74 Å². The summed E-state index contributed by atoms with van der Waals surface area (Å²) in [7, 11) is 1.31. The van der Waals surface area contributed by atoms with Gasteiger partial charge in [0.1, 0.15) is 16.5 Å². The van der Waals surface area contributed by atoms with E-state index in [0.29, 0.717) is 11.5 Å². The number of methoxy groups -OCH3 is 1. The Hall–Kier alpha value is -1.37. The molecule has 9 heteroatoms. The highest BCUT2D eigenvalue weighted by Gasteiger charge is 2.78. The summed E-state index contributed by atoms with van der Waals surface area (Å²) in [6, 6.07) is 5.54. The molecule has 3 aliphatic rings. The van der Waals surface area contributed by atoms with E-state index in [1.807, 2.05) is 24.5 Å². The van der Waals surface area contributed by atoms with Crippen LogP contribution in [0.1, 0.15) is 17.9 Å². The quantitative estimate of drug-likeness (QED) is 0.640. The number of carbonyl (C=O) groups is 2. The number of ether oxygens (including phenoxy) is 1. The molecule has 2 amide bonds. The van der Waals surface area contributed by atoms with E-state index in [1.165, 1.54) is 16.7 Å². The molecule has 3 saturated heterocycles. The minimum atomic E-state index is -1.95. The van der Waals surface area contributed by atoms with Crippen LogP contribution in [0.3, 0.4) is 0 Å². The fraction of sp³-hybridized carbons (Fsp3) is 0.471. The molecule has 1 aromatic carbocycles. The van der Waals surface area contributed by atoms with Crippen LogP contribution in [0.5, 0.6) is 5.75 Å². The number of rotatable bonds is 2. The number of halogens is 1. The maximum Gasteiger partial charge on any atom is 0.261 e. The minimum absolute atomic E-state index is 0.0832. The Kier molecular flexibility index (Phi) is 3.70. The standard InChI is InChI=1S/C17H18BrN3O3S2/c1-16-14(22)21-13(11-7-10(24-3)5-6-12(11)18)26(4,9-19)8-17(21,25-16)15(23)20(16)2/h5-7,13H,8H2,1-4H3/t13?,16-,17-/m0/s1. The fourth-order valence-electron chi connectivity index (χ4n) is 4.14. The predicted molar refractivity (Wildman–Crippen MR) is 106 cm³/mol. The molecule has 3 fully saturated rings. The second-order valence-corrected chi connectivity index (χ2v) is 12.8. The third kappa shape index (κ3) is 1.90. The van der Waals surface area contributed by atoms with Crippen molar-refractivity contribution in [1.82, 2.24) is 9.80 Å². The van der Waals surface area contributed by atoms with Gasteiger partial charge >= 0.3 is 0 Å². The van der Waals surface area contributed by atoms with Crippen LogP contribution >= 0.6 is 37.7 Å². The summed E-state index contributed by atoms with van der Waals surface area (Å²) in [5.41, 5.74) is 0.820. The first kappa shape index (κ1) is 18.0. The van der Waals surface area contributed by atoms with Crippen molar-refractivity contribution in [3.63, 3.8) is 0 Å². The van der Waals surface area contributed by atoms with Crippen LogP contribution in [0.2, 0.25) is 0 Å². The summed E-state index contributed by atoms with van der Waals surface area (Å²) in [4.78, 5) is 27.8. The Labute approximate surface area is 166 Å². The number of likely N-dealkylation sites (N-methyl/N-ethyl adjacent to an activating group) is 1. The third-order valence-corrected chi connectivity index (χ3v) is 11.0. The van der Waals surface area contributed by atoms with E-state index >= 15 is 0 Å². The number of benzene rings is 1. The first-order valence-corrected chi connectivity index (χ1v) is 11.8. The molecule has 4 atom stereocenters. The zero-order valence-corrected chi connectivity index (χ0v) is 18.0. The first-order valence-electron chi connectivity index (χ1n) is 7.96. The van der Waals surface area contributed by atoms with Gasteiger partial charge in [-0.2, -0.15) is 5.26 Å². The summed E-state index contributed by atoms with van der Waals surface area (Å²) < 4.78 is 6.16. The minimum Gasteiger partial charge on any atom is -0.497 e. The lowest BCUT2D eigenvalue weighted by Gasteiger charge is -2.40. The molecule has 138 valence electrons. The van der Waals surface area contributed by atoms with Crippen LogP contribution in [0.25, 0.3) is 0 Å². The number of carbonyl (C=O) groups excluding carboxylic acids is 2. The molecule has 0 radical (unpaired) electrons. The van der Waals surface area contributed by atoms with Crippen LogP contribution in [-0.2, 0) is 9.59 Å². The van der Waals surface area contributed by atoms with E-state index in [-0.39, 0.29) is 11.8 Å². The second-order valence-electron chi connectivity index (χ2n) is 7.04. The van der Waals surface area contributed by atoms with Crippen molar-refractivity contribution in [1.29, 1.82) is 5.26 Å². The van der Waals surface area contributed by atoms with Gasteiger partial charge in [-0.25, -0.2) is 0 Å². The Morgan fingerprint density at radius 3 is 2.73 bits per heavy atom. The number of hydrogen-bond donors (Lipinski definition) is 0. The van der Waals surface area contributed by atoms with Gasteiger partial charge in [0, 0.05) is 22.8 Å². The predicted octanol–water partition coefficient (Wildman–Crippen LogP) is 2.85. The van der Waals surface area contributed by atoms with E-state index in [1.54, 1.807) is 26.0 Å². The highest BCUT2D eigenvalue weighted by molar-refractivity contribution is 9.10. The zero-order valence-electron chi connectivity index (χ0n) is 14.8. The van der Waals surface area contributed by atoms with Crippen LogP contribution in [0.4, 0.5) is 0 Å². The lowest BCUT2D eigenvalue weighted by Crippen LogP contribution is -2.61. The summed E-state index contributed by atoms with van der Waals surface area (Å²) >= 11 is 4.95. The molecular formula is C17H18BrN3O3S2. The van der Waals surface area contributed by atoms with Crippen molar-refractivity contribution in [2.45, 2.75) is 22.0 Å². The van der Waals surface area contributed by atoms with Crippen LogP contribution in [-0.4, -0.2) is 57.5 Å². The molecule has 4 rings (SSSR count). The van der Waals surface area contributed by atoms with E-state index in [2.05, 4.69) is 21.3 Å². The Morgan fingerprint density at radius 1 is 1.42 bits per heavy atom. The summed E-state index contributed by atoms with van der Waals surface area (Å²) in [6.45, 7) is 1.79. The van der Waals surface area contributed by atoms with Crippen molar-refractivity contribution < 1.29 is 14.3 Å². The van der Waals surface area contributed by atoms with Crippen LogP contribution in [0.15, 0.2) is 22.7 Å².